The Bertz CT molecular complexity index is 849. The highest BCUT2D eigenvalue weighted by atomic mass is 19.1. The van der Waals surface area contributed by atoms with Crippen molar-refractivity contribution in [3.63, 3.8) is 0 Å². The fourth-order valence-electron chi connectivity index (χ4n) is 2.29. The van der Waals surface area contributed by atoms with Crippen molar-refractivity contribution in [2.45, 2.75) is 0 Å². The van der Waals surface area contributed by atoms with Crippen LogP contribution in [0.5, 0.6) is 0 Å². The number of hydrogen-bond donors (Lipinski definition) is 0. The summed E-state index contributed by atoms with van der Waals surface area (Å²) in [4.78, 5) is 0. The molecule has 0 aliphatic carbocycles. The van der Waals surface area contributed by atoms with E-state index in [4.69, 9.17) is 0 Å². The molecule has 0 saturated carbocycles. The van der Waals surface area contributed by atoms with Gasteiger partial charge in [0.05, 0.1) is 0 Å². The number of halogens is 1. The molecule has 3 aromatic rings. The van der Waals surface area contributed by atoms with Crippen molar-refractivity contribution >= 4 is 5.57 Å². The van der Waals surface area contributed by atoms with E-state index in [1.54, 1.807) is 12.1 Å². The Morgan fingerprint density at radius 2 is 1.26 bits per heavy atom. The lowest BCUT2D eigenvalue weighted by Crippen LogP contribution is -1.88. The molecular formula is C22H15F. The second-order valence-electron chi connectivity index (χ2n) is 5.07. The molecule has 1 heteroatoms. The Morgan fingerprint density at radius 1 is 0.696 bits per heavy atom. The van der Waals surface area contributed by atoms with Gasteiger partial charge < -0.3 is 0 Å². The minimum atomic E-state index is -0.239. The first-order valence-electron chi connectivity index (χ1n) is 7.41. The number of hydrogen-bond acceptors (Lipinski definition) is 0. The largest absolute Gasteiger partial charge is 0.207 e. The second kappa shape index (κ2) is 7.24. The molecule has 3 rings (SSSR count). The molecular weight excluding hydrogens is 283 g/mol. The Labute approximate surface area is 135 Å². The van der Waals surface area contributed by atoms with E-state index in [1.807, 2.05) is 66.7 Å². The molecule has 0 unspecified atom stereocenters. The minimum Gasteiger partial charge on any atom is -0.207 e. The first-order chi connectivity index (χ1) is 11.3. The molecule has 0 saturated heterocycles. The normalized spacial score (nSPS) is 10.7. The molecule has 0 atom stereocenters. The third-order valence-corrected chi connectivity index (χ3v) is 3.45. The van der Waals surface area contributed by atoms with E-state index < -0.39 is 0 Å². The second-order valence-corrected chi connectivity index (χ2v) is 5.07. The number of benzene rings is 3. The van der Waals surface area contributed by atoms with Gasteiger partial charge in [0.15, 0.2) is 0 Å². The van der Waals surface area contributed by atoms with Gasteiger partial charge in [0.25, 0.3) is 0 Å². The van der Waals surface area contributed by atoms with Crippen LogP contribution in [0.15, 0.2) is 91.0 Å². The first-order valence-corrected chi connectivity index (χ1v) is 7.41. The van der Waals surface area contributed by atoms with Crippen molar-refractivity contribution in [2.75, 3.05) is 0 Å². The lowest BCUT2D eigenvalue weighted by atomic mass is 9.97. The first kappa shape index (κ1) is 14.8. The van der Waals surface area contributed by atoms with Crippen LogP contribution in [0.2, 0.25) is 0 Å². The molecule has 0 aliphatic rings. The van der Waals surface area contributed by atoms with Crippen molar-refractivity contribution in [3.8, 4) is 11.8 Å². The average Bonchev–Trinajstić information content (AvgIpc) is 2.61. The summed E-state index contributed by atoms with van der Waals surface area (Å²) in [5, 5.41) is 0. The van der Waals surface area contributed by atoms with Gasteiger partial charge in [0, 0.05) is 5.56 Å². The van der Waals surface area contributed by atoms with Gasteiger partial charge >= 0.3 is 0 Å². The molecule has 0 spiro atoms. The monoisotopic (exact) mass is 298 g/mol. The molecule has 23 heavy (non-hydrogen) atoms. The van der Waals surface area contributed by atoms with E-state index in [9.17, 15) is 4.39 Å². The molecule has 0 aromatic heterocycles. The van der Waals surface area contributed by atoms with Crippen molar-refractivity contribution in [2.24, 2.45) is 0 Å². The maximum absolute atomic E-state index is 13.2. The van der Waals surface area contributed by atoms with Crippen LogP contribution in [0.3, 0.4) is 0 Å². The van der Waals surface area contributed by atoms with Crippen molar-refractivity contribution in [1.29, 1.82) is 0 Å². The van der Waals surface area contributed by atoms with Crippen LogP contribution in [0.25, 0.3) is 5.57 Å². The van der Waals surface area contributed by atoms with Crippen molar-refractivity contribution in [3.05, 3.63) is 114 Å². The molecule has 0 aliphatic heterocycles. The third kappa shape index (κ3) is 3.96. The lowest BCUT2D eigenvalue weighted by Gasteiger charge is -2.07. The summed E-state index contributed by atoms with van der Waals surface area (Å²) < 4.78 is 13.2. The van der Waals surface area contributed by atoms with E-state index in [0.29, 0.717) is 0 Å². The summed E-state index contributed by atoms with van der Waals surface area (Å²) in [6.45, 7) is 0. The maximum atomic E-state index is 13.2. The molecule has 0 bridgehead atoms. The van der Waals surface area contributed by atoms with E-state index in [1.165, 1.54) is 12.1 Å². The summed E-state index contributed by atoms with van der Waals surface area (Å²) >= 11 is 0. The molecule has 0 N–H and O–H groups in total. The van der Waals surface area contributed by atoms with Gasteiger partial charge in [-0.05, 0) is 47.0 Å². The van der Waals surface area contributed by atoms with Gasteiger partial charge in [-0.25, -0.2) is 4.39 Å². The van der Waals surface area contributed by atoms with Gasteiger partial charge in [-0.3, -0.25) is 0 Å². The van der Waals surface area contributed by atoms with Crippen molar-refractivity contribution < 1.29 is 4.39 Å². The Morgan fingerprint density at radius 3 is 1.91 bits per heavy atom. The Hall–Kier alpha value is -3.11. The van der Waals surface area contributed by atoms with Gasteiger partial charge in [-0.2, -0.15) is 0 Å². The predicted octanol–water partition coefficient (Wildman–Crippen LogP) is 5.31. The van der Waals surface area contributed by atoms with E-state index in [2.05, 4.69) is 11.8 Å². The molecule has 3 aromatic carbocycles. The Balaban J connectivity index is 2.00. The quantitative estimate of drug-likeness (QED) is 0.562. The van der Waals surface area contributed by atoms with Crippen LogP contribution in [0.4, 0.5) is 4.39 Å². The summed E-state index contributed by atoms with van der Waals surface area (Å²) in [5.74, 6) is 5.99. The van der Waals surface area contributed by atoms with Gasteiger partial charge in [-0.15, -0.1) is 0 Å². The van der Waals surface area contributed by atoms with Crippen LogP contribution < -0.4 is 0 Å². The molecule has 0 heterocycles. The fourth-order valence-corrected chi connectivity index (χ4v) is 2.29. The minimum absolute atomic E-state index is 0.239. The number of allylic oxidation sites excluding steroid dienone is 1. The van der Waals surface area contributed by atoms with Gasteiger partial charge in [0.1, 0.15) is 5.82 Å². The zero-order chi connectivity index (χ0) is 15.9. The highest BCUT2D eigenvalue weighted by Gasteiger charge is 2.04. The zero-order valence-corrected chi connectivity index (χ0v) is 12.5. The van der Waals surface area contributed by atoms with Crippen LogP contribution in [0.1, 0.15) is 16.7 Å². The molecule has 0 nitrogen and oxygen atoms in total. The topological polar surface area (TPSA) is 0 Å². The van der Waals surface area contributed by atoms with E-state index in [0.717, 1.165) is 22.3 Å². The average molecular weight is 298 g/mol. The van der Waals surface area contributed by atoms with Crippen LogP contribution >= 0.6 is 0 Å². The highest BCUT2D eigenvalue weighted by Crippen LogP contribution is 2.23. The summed E-state index contributed by atoms with van der Waals surface area (Å²) in [6.07, 6.45) is 1.88. The molecule has 0 fully saturated rings. The smallest absolute Gasteiger partial charge is 0.123 e. The highest BCUT2D eigenvalue weighted by molar-refractivity contribution is 5.81. The van der Waals surface area contributed by atoms with Gasteiger partial charge in [-0.1, -0.05) is 72.5 Å². The SMILES string of the molecule is Fc1ccc(/C(=C\C#Cc2ccccc2)c2ccccc2)cc1. The van der Waals surface area contributed by atoms with Gasteiger partial charge in [0.2, 0.25) is 0 Å². The summed E-state index contributed by atoms with van der Waals surface area (Å²) in [6, 6.07) is 26.3. The molecule has 0 radical (unpaired) electrons. The molecule has 0 amide bonds. The Kier molecular flexibility index (Phi) is 4.66. The van der Waals surface area contributed by atoms with Crippen LogP contribution in [-0.2, 0) is 0 Å². The van der Waals surface area contributed by atoms with E-state index in [-0.39, 0.29) is 5.82 Å². The van der Waals surface area contributed by atoms with E-state index >= 15 is 0 Å². The fraction of sp³-hybridized carbons (Fsp3) is 0. The zero-order valence-electron chi connectivity index (χ0n) is 12.5. The van der Waals surface area contributed by atoms with Crippen LogP contribution in [0, 0.1) is 17.7 Å². The van der Waals surface area contributed by atoms with Crippen molar-refractivity contribution in [1.82, 2.24) is 0 Å². The number of rotatable bonds is 2. The summed E-state index contributed by atoms with van der Waals surface area (Å²) in [5.41, 5.74) is 3.95. The third-order valence-electron chi connectivity index (χ3n) is 3.45. The predicted molar refractivity (Wildman–Crippen MR) is 93.2 cm³/mol. The molecule has 110 valence electrons. The lowest BCUT2D eigenvalue weighted by molar-refractivity contribution is 0.627. The maximum Gasteiger partial charge on any atom is 0.123 e. The summed E-state index contributed by atoms with van der Waals surface area (Å²) in [7, 11) is 0. The standard InChI is InChI=1S/C22H15F/c23-21-16-14-20(15-17-21)22(19-11-5-2-6-12-19)13-7-10-18-8-3-1-4-9-18/h1-6,8-9,11-17H/b22-13-. The van der Waals surface area contributed by atoms with Crippen LogP contribution in [-0.4, -0.2) is 0 Å².